The molecule has 0 spiro atoms. The fraction of sp³-hybridized carbons (Fsp3) is 0.500. The van der Waals surface area contributed by atoms with Crippen molar-refractivity contribution in [1.29, 1.82) is 0 Å². The molecule has 0 heterocycles. The molecule has 4 heteroatoms. The Kier molecular flexibility index (Phi) is 6.39. The van der Waals surface area contributed by atoms with Crippen molar-refractivity contribution < 1.29 is 4.79 Å². The predicted molar refractivity (Wildman–Crippen MR) is 74.4 cm³/mol. The fourth-order valence-electron chi connectivity index (χ4n) is 1.81. The van der Waals surface area contributed by atoms with E-state index in [4.69, 9.17) is 0 Å². The van der Waals surface area contributed by atoms with Gasteiger partial charge in [-0.25, -0.2) is 0 Å². The average Bonchev–Trinajstić information content (AvgIpc) is 2.37. The maximum absolute atomic E-state index is 11.6. The van der Waals surface area contributed by atoms with Crippen LogP contribution < -0.4 is 10.6 Å². The lowest BCUT2D eigenvalue weighted by Crippen LogP contribution is -2.35. The van der Waals surface area contributed by atoms with Crippen molar-refractivity contribution >= 4 is 5.91 Å². The lowest BCUT2D eigenvalue weighted by Gasteiger charge is -2.25. The van der Waals surface area contributed by atoms with E-state index >= 15 is 0 Å². The number of carbonyl (C=O) groups excluding carboxylic acids is 1. The van der Waals surface area contributed by atoms with Gasteiger partial charge in [0.2, 0.25) is 5.91 Å². The number of likely N-dealkylation sites (N-methyl/N-ethyl adjacent to an activating group) is 1. The molecule has 1 atom stereocenters. The van der Waals surface area contributed by atoms with Gasteiger partial charge in [-0.3, -0.25) is 4.79 Å². The summed E-state index contributed by atoms with van der Waals surface area (Å²) in [6.07, 6.45) is 0.519. The Hall–Kier alpha value is -1.39. The minimum atomic E-state index is 0.0899. The Bertz CT molecular complexity index is 351. The fourth-order valence-corrected chi connectivity index (χ4v) is 1.81. The second-order valence-electron chi connectivity index (χ2n) is 4.55. The van der Waals surface area contributed by atoms with Crippen molar-refractivity contribution in [3.63, 3.8) is 0 Å². The van der Waals surface area contributed by atoms with Crippen molar-refractivity contribution in [3.05, 3.63) is 35.9 Å². The maximum Gasteiger partial charge on any atom is 0.221 e. The summed E-state index contributed by atoms with van der Waals surface area (Å²) >= 11 is 0. The smallest absolute Gasteiger partial charge is 0.221 e. The highest BCUT2D eigenvalue weighted by Gasteiger charge is 2.14. The number of rotatable bonds is 7. The van der Waals surface area contributed by atoms with E-state index in [0.29, 0.717) is 19.5 Å². The molecule has 1 amide bonds. The van der Waals surface area contributed by atoms with E-state index in [9.17, 15) is 4.79 Å². The number of hydrogen-bond acceptors (Lipinski definition) is 3. The number of hydrogen-bond donors (Lipinski definition) is 2. The summed E-state index contributed by atoms with van der Waals surface area (Å²) in [6, 6.07) is 10.4. The molecule has 0 saturated heterocycles. The zero-order valence-electron chi connectivity index (χ0n) is 11.4. The van der Waals surface area contributed by atoms with Gasteiger partial charge in [-0.1, -0.05) is 30.3 Å². The molecule has 0 aliphatic carbocycles. The van der Waals surface area contributed by atoms with Gasteiger partial charge in [0, 0.05) is 19.5 Å². The zero-order chi connectivity index (χ0) is 13.4. The van der Waals surface area contributed by atoms with Crippen LogP contribution in [0.25, 0.3) is 0 Å². The Morgan fingerprint density at radius 1 is 1.28 bits per heavy atom. The van der Waals surface area contributed by atoms with Crippen LogP contribution in [0.2, 0.25) is 0 Å². The molecular formula is C14H23N3O. The van der Waals surface area contributed by atoms with Crippen molar-refractivity contribution in [3.8, 4) is 0 Å². The molecule has 0 aliphatic rings. The van der Waals surface area contributed by atoms with E-state index in [1.54, 1.807) is 0 Å². The topological polar surface area (TPSA) is 44.4 Å². The van der Waals surface area contributed by atoms with Crippen LogP contribution >= 0.6 is 0 Å². The third kappa shape index (κ3) is 4.85. The molecule has 2 N–H and O–H groups in total. The molecule has 1 unspecified atom stereocenters. The molecule has 100 valence electrons. The molecule has 1 aromatic carbocycles. The van der Waals surface area contributed by atoms with Crippen LogP contribution in [0.4, 0.5) is 0 Å². The molecule has 1 rings (SSSR count). The molecule has 0 aromatic heterocycles. The van der Waals surface area contributed by atoms with Gasteiger partial charge in [-0.05, 0) is 26.7 Å². The third-order valence-electron chi connectivity index (χ3n) is 2.90. The van der Waals surface area contributed by atoms with Crippen molar-refractivity contribution in [1.82, 2.24) is 15.5 Å². The minimum Gasteiger partial charge on any atom is -0.354 e. The number of nitrogens with one attached hydrogen (secondary N) is 2. The van der Waals surface area contributed by atoms with Crippen LogP contribution in [0.15, 0.2) is 30.3 Å². The standard InChI is InChI=1S/C14H23N3O/c1-15-10-9-14(18)16-11-13(17(2)3)12-7-5-4-6-8-12/h4-8,13,15H,9-11H2,1-3H3,(H,16,18). The Morgan fingerprint density at radius 3 is 2.50 bits per heavy atom. The second-order valence-corrected chi connectivity index (χ2v) is 4.55. The van der Waals surface area contributed by atoms with Gasteiger partial charge in [0.1, 0.15) is 0 Å². The van der Waals surface area contributed by atoms with Crippen LogP contribution in [-0.2, 0) is 4.79 Å². The van der Waals surface area contributed by atoms with E-state index in [1.807, 2.05) is 39.3 Å². The van der Waals surface area contributed by atoms with Crippen molar-refractivity contribution in [2.45, 2.75) is 12.5 Å². The van der Waals surface area contributed by atoms with Gasteiger partial charge in [0.15, 0.2) is 0 Å². The van der Waals surface area contributed by atoms with E-state index in [-0.39, 0.29) is 11.9 Å². The normalized spacial score (nSPS) is 12.4. The van der Waals surface area contributed by atoms with Crippen molar-refractivity contribution in [2.75, 3.05) is 34.2 Å². The number of amides is 1. The van der Waals surface area contributed by atoms with Gasteiger partial charge < -0.3 is 15.5 Å². The highest BCUT2D eigenvalue weighted by molar-refractivity contribution is 5.76. The molecule has 0 saturated carbocycles. The first kappa shape index (κ1) is 14.7. The molecule has 18 heavy (non-hydrogen) atoms. The molecular weight excluding hydrogens is 226 g/mol. The van der Waals surface area contributed by atoms with Crippen LogP contribution in [0, 0.1) is 0 Å². The Balaban J connectivity index is 2.52. The van der Waals surface area contributed by atoms with Gasteiger partial charge in [0.05, 0.1) is 6.04 Å². The molecule has 0 radical (unpaired) electrons. The Labute approximate surface area is 109 Å². The molecule has 1 aromatic rings. The highest BCUT2D eigenvalue weighted by Crippen LogP contribution is 2.16. The van der Waals surface area contributed by atoms with Crippen LogP contribution in [0.3, 0.4) is 0 Å². The summed E-state index contributed by atoms with van der Waals surface area (Å²) in [5, 5.41) is 5.95. The first-order valence-electron chi connectivity index (χ1n) is 6.28. The molecule has 4 nitrogen and oxygen atoms in total. The van der Waals surface area contributed by atoms with Crippen LogP contribution in [0.5, 0.6) is 0 Å². The van der Waals surface area contributed by atoms with Gasteiger partial charge in [-0.2, -0.15) is 0 Å². The molecule has 0 bridgehead atoms. The summed E-state index contributed by atoms with van der Waals surface area (Å²) in [4.78, 5) is 13.7. The molecule has 0 aliphatic heterocycles. The van der Waals surface area contributed by atoms with Crippen LogP contribution in [-0.4, -0.2) is 45.0 Å². The summed E-state index contributed by atoms with van der Waals surface area (Å²) < 4.78 is 0. The monoisotopic (exact) mass is 249 g/mol. The van der Waals surface area contributed by atoms with E-state index in [1.165, 1.54) is 5.56 Å². The summed E-state index contributed by atoms with van der Waals surface area (Å²) in [6.45, 7) is 1.35. The quantitative estimate of drug-likeness (QED) is 0.758. The summed E-state index contributed by atoms with van der Waals surface area (Å²) in [5.41, 5.74) is 1.22. The number of benzene rings is 1. The highest BCUT2D eigenvalue weighted by atomic mass is 16.1. The lowest BCUT2D eigenvalue weighted by molar-refractivity contribution is -0.121. The molecule has 0 fully saturated rings. The predicted octanol–water partition coefficient (Wildman–Crippen LogP) is 1.01. The number of carbonyl (C=O) groups is 1. The third-order valence-corrected chi connectivity index (χ3v) is 2.90. The van der Waals surface area contributed by atoms with E-state index in [2.05, 4.69) is 27.7 Å². The largest absolute Gasteiger partial charge is 0.354 e. The van der Waals surface area contributed by atoms with Gasteiger partial charge in [0.25, 0.3) is 0 Å². The minimum absolute atomic E-state index is 0.0899. The van der Waals surface area contributed by atoms with Gasteiger partial charge in [-0.15, -0.1) is 0 Å². The maximum atomic E-state index is 11.6. The Morgan fingerprint density at radius 2 is 1.94 bits per heavy atom. The lowest BCUT2D eigenvalue weighted by atomic mass is 10.1. The first-order chi connectivity index (χ1) is 8.65. The van der Waals surface area contributed by atoms with Crippen LogP contribution in [0.1, 0.15) is 18.0 Å². The SMILES string of the molecule is CNCCC(=O)NCC(c1ccccc1)N(C)C. The van der Waals surface area contributed by atoms with Gasteiger partial charge >= 0.3 is 0 Å². The van der Waals surface area contributed by atoms with E-state index < -0.39 is 0 Å². The first-order valence-corrected chi connectivity index (χ1v) is 6.28. The number of nitrogens with zero attached hydrogens (tertiary/aromatic N) is 1. The summed E-state index contributed by atoms with van der Waals surface area (Å²) in [5.74, 6) is 0.0899. The average molecular weight is 249 g/mol. The second kappa shape index (κ2) is 7.84. The summed E-state index contributed by atoms with van der Waals surface area (Å²) in [7, 11) is 5.90. The van der Waals surface area contributed by atoms with Crippen molar-refractivity contribution in [2.24, 2.45) is 0 Å². The van der Waals surface area contributed by atoms with E-state index in [0.717, 1.165) is 0 Å². The zero-order valence-corrected chi connectivity index (χ0v) is 11.4.